The standard InChI is InChI=1S/C21H32BN3O7/c1-13-17(24-19(27)32-20(2,3)4)21(12-31-13)6-8-25(9-7-21)15-10-14(22(28)29)11-23-16(15)18(26)30-5/h10-11,13,17,28-29H,6-9,12H2,1-5H3,(H,24,27)/t13-,17+/m0/s1. The summed E-state index contributed by atoms with van der Waals surface area (Å²) in [5.41, 5.74) is -0.0636. The number of amides is 1. The van der Waals surface area contributed by atoms with Crippen molar-refractivity contribution in [3.8, 4) is 0 Å². The maximum Gasteiger partial charge on any atom is 0.490 e. The first-order valence-electron chi connectivity index (χ1n) is 10.8. The first kappa shape index (κ1) is 24.3. The third-order valence-corrected chi connectivity index (χ3v) is 6.10. The molecule has 0 saturated carbocycles. The van der Waals surface area contributed by atoms with Crippen molar-refractivity contribution >= 4 is 30.3 Å². The van der Waals surface area contributed by atoms with Gasteiger partial charge in [-0.3, -0.25) is 0 Å². The molecule has 0 aliphatic carbocycles. The van der Waals surface area contributed by atoms with Gasteiger partial charge in [0.25, 0.3) is 0 Å². The lowest BCUT2D eigenvalue weighted by Gasteiger charge is -2.43. The Morgan fingerprint density at radius 2 is 1.97 bits per heavy atom. The monoisotopic (exact) mass is 449 g/mol. The van der Waals surface area contributed by atoms with Gasteiger partial charge in [0.15, 0.2) is 5.69 Å². The summed E-state index contributed by atoms with van der Waals surface area (Å²) in [5.74, 6) is -0.596. The number of esters is 1. The number of piperidine rings is 1. The number of carbonyl (C=O) groups excluding carboxylic acids is 2. The molecular formula is C21H32BN3O7. The number of rotatable bonds is 4. The van der Waals surface area contributed by atoms with Crippen LogP contribution in [0.25, 0.3) is 0 Å². The van der Waals surface area contributed by atoms with Gasteiger partial charge in [0, 0.05) is 30.2 Å². The van der Waals surface area contributed by atoms with Crippen LogP contribution in [0.5, 0.6) is 0 Å². The highest BCUT2D eigenvalue weighted by atomic mass is 16.6. The lowest BCUT2D eigenvalue weighted by Crippen LogP contribution is -2.55. The molecule has 0 unspecified atom stereocenters. The summed E-state index contributed by atoms with van der Waals surface area (Å²) in [5, 5.41) is 22.1. The van der Waals surface area contributed by atoms with E-state index in [4.69, 9.17) is 14.2 Å². The fourth-order valence-corrected chi connectivity index (χ4v) is 4.44. The molecule has 32 heavy (non-hydrogen) atoms. The van der Waals surface area contributed by atoms with Crippen molar-refractivity contribution in [2.24, 2.45) is 5.41 Å². The van der Waals surface area contributed by atoms with Crippen molar-refractivity contribution < 1.29 is 33.8 Å². The number of aromatic nitrogens is 1. The van der Waals surface area contributed by atoms with E-state index < -0.39 is 24.8 Å². The number of hydrogen-bond donors (Lipinski definition) is 3. The van der Waals surface area contributed by atoms with Crippen molar-refractivity contribution in [1.29, 1.82) is 0 Å². The van der Waals surface area contributed by atoms with Crippen LogP contribution in [0.1, 0.15) is 51.0 Å². The lowest BCUT2D eigenvalue weighted by atomic mass is 9.73. The van der Waals surface area contributed by atoms with Gasteiger partial charge in [-0.05, 0) is 46.6 Å². The lowest BCUT2D eigenvalue weighted by molar-refractivity contribution is 0.0433. The Balaban J connectivity index is 1.78. The van der Waals surface area contributed by atoms with Gasteiger partial charge in [-0.25, -0.2) is 14.6 Å². The maximum atomic E-state index is 12.4. The van der Waals surface area contributed by atoms with E-state index in [0.29, 0.717) is 38.2 Å². The van der Waals surface area contributed by atoms with Crippen molar-refractivity contribution in [3.05, 3.63) is 18.0 Å². The second-order valence-corrected chi connectivity index (χ2v) is 9.49. The van der Waals surface area contributed by atoms with Gasteiger partial charge in [0.1, 0.15) is 5.60 Å². The van der Waals surface area contributed by atoms with Gasteiger partial charge in [0.05, 0.1) is 31.5 Å². The molecule has 11 heteroatoms. The van der Waals surface area contributed by atoms with E-state index in [0.717, 1.165) is 0 Å². The summed E-state index contributed by atoms with van der Waals surface area (Å²) in [6.07, 6.45) is 2.02. The predicted molar refractivity (Wildman–Crippen MR) is 118 cm³/mol. The number of pyridine rings is 1. The molecule has 2 aliphatic rings. The Morgan fingerprint density at radius 1 is 1.31 bits per heavy atom. The highest BCUT2D eigenvalue weighted by molar-refractivity contribution is 6.58. The van der Waals surface area contributed by atoms with Gasteiger partial charge in [-0.15, -0.1) is 0 Å². The van der Waals surface area contributed by atoms with E-state index in [-0.39, 0.29) is 28.7 Å². The molecule has 3 rings (SSSR count). The number of nitrogens with one attached hydrogen (secondary N) is 1. The number of alkyl carbamates (subject to hydrolysis) is 1. The Bertz CT molecular complexity index is 850. The minimum Gasteiger partial charge on any atom is -0.464 e. The molecule has 2 aliphatic heterocycles. The fraction of sp³-hybridized carbons (Fsp3) is 0.667. The van der Waals surface area contributed by atoms with E-state index >= 15 is 0 Å². The van der Waals surface area contributed by atoms with Crippen LogP contribution in [0.15, 0.2) is 12.3 Å². The first-order chi connectivity index (χ1) is 15.0. The quantitative estimate of drug-likeness (QED) is 0.443. The second-order valence-electron chi connectivity index (χ2n) is 9.49. The summed E-state index contributed by atoms with van der Waals surface area (Å²) in [4.78, 5) is 30.7. The highest BCUT2D eigenvalue weighted by Crippen LogP contribution is 2.43. The number of nitrogens with zero attached hydrogens (tertiary/aromatic N) is 2. The van der Waals surface area contributed by atoms with Gasteiger partial charge < -0.3 is 34.5 Å². The van der Waals surface area contributed by atoms with Crippen LogP contribution in [0.4, 0.5) is 10.5 Å². The van der Waals surface area contributed by atoms with Crippen molar-refractivity contribution in [2.45, 2.75) is 58.3 Å². The third-order valence-electron chi connectivity index (χ3n) is 6.10. The molecule has 2 atom stereocenters. The van der Waals surface area contributed by atoms with Crippen molar-refractivity contribution in [2.75, 3.05) is 31.7 Å². The zero-order valence-corrected chi connectivity index (χ0v) is 19.3. The van der Waals surface area contributed by atoms with Crippen molar-refractivity contribution in [3.63, 3.8) is 0 Å². The second kappa shape index (κ2) is 9.25. The molecule has 1 amide bonds. The molecule has 1 spiro atoms. The van der Waals surface area contributed by atoms with E-state index in [2.05, 4.69) is 10.3 Å². The van der Waals surface area contributed by atoms with Crippen LogP contribution in [-0.2, 0) is 14.2 Å². The predicted octanol–water partition coefficient (Wildman–Crippen LogP) is 0.447. The third kappa shape index (κ3) is 5.16. The molecule has 176 valence electrons. The minimum atomic E-state index is -1.70. The summed E-state index contributed by atoms with van der Waals surface area (Å²) in [6.45, 7) is 9.05. The van der Waals surface area contributed by atoms with Crippen molar-refractivity contribution in [1.82, 2.24) is 10.3 Å². The van der Waals surface area contributed by atoms with Gasteiger partial charge in [0.2, 0.25) is 0 Å². The summed E-state index contributed by atoms with van der Waals surface area (Å²) >= 11 is 0. The Morgan fingerprint density at radius 3 is 2.53 bits per heavy atom. The molecule has 3 N–H and O–H groups in total. The SMILES string of the molecule is COC(=O)c1ncc(B(O)O)cc1N1CCC2(CC1)CO[C@@H](C)[C@H]2NC(=O)OC(C)(C)C. The largest absolute Gasteiger partial charge is 0.490 e. The minimum absolute atomic E-state index is 0.118. The highest BCUT2D eigenvalue weighted by Gasteiger charge is 2.50. The molecule has 1 aromatic heterocycles. The Hall–Kier alpha value is -2.37. The number of methoxy groups -OCH3 is 1. The van der Waals surface area contributed by atoms with Gasteiger partial charge >= 0.3 is 19.2 Å². The van der Waals surface area contributed by atoms with Crippen LogP contribution in [0.3, 0.4) is 0 Å². The Kier molecular flexibility index (Phi) is 7.02. The molecule has 0 radical (unpaired) electrons. The normalized spacial score (nSPS) is 22.5. The number of anilines is 1. The van der Waals surface area contributed by atoms with E-state index in [1.165, 1.54) is 13.3 Å². The van der Waals surface area contributed by atoms with Crippen LogP contribution in [0, 0.1) is 5.41 Å². The zero-order chi connectivity index (χ0) is 23.7. The topological polar surface area (TPSA) is 130 Å². The average Bonchev–Trinajstić information content (AvgIpc) is 3.01. The average molecular weight is 449 g/mol. The number of ether oxygens (including phenoxy) is 3. The van der Waals surface area contributed by atoms with E-state index in [1.807, 2.05) is 32.6 Å². The summed E-state index contributed by atoms with van der Waals surface area (Å²) in [6, 6.07) is 1.34. The molecule has 1 aromatic rings. The molecule has 10 nitrogen and oxygen atoms in total. The van der Waals surface area contributed by atoms with Crippen LogP contribution < -0.4 is 15.7 Å². The molecule has 2 saturated heterocycles. The summed E-state index contributed by atoms with van der Waals surface area (Å²) < 4.78 is 16.2. The maximum absolute atomic E-state index is 12.4. The molecule has 2 fully saturated rings. The molecule has 0 aromatic carbocycles. The zero-order valence-electron chi connectivity index (χ0n) is 19.3. The van der Waals surface area contributed by atoms with Gasteiger partial charge in [-0.2, -0.15) is 0 Å². The molecule has 0 bridgehead atoms. The molecular weight excluding hydrogens is 417 g/mol. The Labute approximate surface area is 188 Å². The number of hydrogen-bond acceptors (Lipinski definition) is 9. The fourth-order valence-electron chi connectivity index (χ4n) is 4.44. The van der Waals surface area contributed by atoms with Crippen LogP contribution in [0.2, 0.25) is 0 Å². The molecule has 3 heterocycles. The first-order valence-corrected chi connectivity index (χ1v) is 10.8. The van der Waals surface area contributed by atoms with E-state index in [1.54, 1.807) is 6.07 Å². The van der Waals surface area contributed by atoms with E-state index in [9.17, 15) is 19.6 Å². The smallest absolute Gasteiger partial charge is 0.464 e. The van der Waals surface area contributed by atoms with Crippen LogP contribution >= 0.6 is 0 Å². The van der Waals surface area contributed by atoms with Gasteiger partial charge in [-0.1, -0.05) is 0 Å². The number of carbonyl (C=O) groups is 2. The summed E-state index contributed by atoms with van der Waals surface area (Å²) in [7, 11) is -0.423. The van der Waals surface area contributed by atoms with Crippen LogP contribution in [-0.4, -0.2) is 78.8 Å².